The molecule has 5 nitrogen and oxygen atoms in total. The Morgan fingerprint density at radius 1 is 1.18 bits per heavy atom. The monoisotopic (exact) mass is 375 g/mol. The number of nitriles is 1. The number of nitrogens with zero attached hydrogens (tertiary/aromatic N) is 1. The number of rotatable bonds is 5. The highest BCUT2D eigenvalue weighted by Gasteiger charge is 2.17. The highest BCUT2D eigenvalue weighted by molar-refractivity contribution is 5.87. The third kappa shape index (κ3) is 4.10. The van der Waals surface area contributed by atoms with E-state index in [4.69, 9.17) is 15.7 Å². The van der Waals surface area contributed by atoms with Gasteiger partial charge in [-0.25, -0.2) is 9.18 Å². The lowest BCUT2D eigenvalue weighted by Gasteiger charge is -2.14. The van der Waals surface area contributed by atoms with Crippen LogP contribution in [0.25, 0.3) is 11.1 Å². The van der Waals surface area contributed by atoms with E-state index in [1.165, 1.54) is 7.11 Å². The molecular formula is C22H18FN3O2. The molecular weight excluding hydrogens is 357 g/mol. The molecule has 3 aromatic rings. The Labute approximate surface area is 162 Å². The quantitative estimate of drug-likeness (QED) is 0.690. The van der Waals surface area contributed by atoms with Crippen molar-refractivity contribution in [3.63, 3.8) is 0 Å². The normalized spacial score (nSPS) is 10.2. The van der Waals surface area contributed by atoms with Crippen molar-refractivity contribution in [3.05, 3.63) is 83.2 Å². The highest BCUT2D eigenvalue weighted by Crippen LogP contribution is 2.35. The topological polar surface area (TPSA) is 88.1 Å². The van der Waals surface area contributed by atoms with Crippen molar-refractivity contribution in [1.29, 1.82) is 5.26 Å². The van der Waals surface area contributed by atoms with Crippen molar-refractivity contribution in [1.82, 2.24) is 0 Å². The summed E-state index contributed by atoms with van der Waals surface area (Å²) in [7, 11) is 1.48. The highest BCUT2D eigenvalue weighted by atomic mass is 19.1. The summed E-state index contributed by atoms with van der Waals surface area (Å²) < 4.78 is 20.7. The number of nitrogens with one attached hydrogen (secondary N) is 1. The summed E-state index contributed by atoms with van der Waals surface area (Å²) >= 11 is 0. The first-order valence-corrected chi connectivity index (χ1v) is 8.53. The number of halogens is 1. The van der Waals surface area contributed by atoms with Crippen LogP contribution in [-0.4, -0.2) is 13.1 Å². The number of amides is 2. The zero-order valence-electron chi connectivity index (χ0n) is 15.2. The summed E-state index contributed by atoms with van der Waals surface area (Å²) in [6.45, 7) is 0. The first kappa shape index (κ1) is 18.9. The molecule has 140 valence electrons. The maximum Gasteiger partial charge on any atom is 0.316 e. The van der Waals surface area contributed by atoms with Crippen LogP contribution >= 0.6 is 0 Å². The third-order valence-corrected chi connectivity index (χ3v) is 4.30. The number of ether oxygens (including phenoxy) is 1. The lowest BCUT2D eigenvalue weighted by molar-refractivity contribution is 0.259. The maximum atomic E-state index is 15.3. The van der Waals surface area contributed by atoms with Crippen molar-refractivity contribution in [3.8, 4) is 22.9 Å². The van der Waals surface area contributed by atoms with Crippen LogP contribution in [0.1, 0.15) is 16.7 Å². The zero-order valence-corrected chi connectivity index (χ0v) is 15.2. The zero-order chi connectivity index (χ0) is 20.1. The lowest BCUT2D eigenvalue weighted by atomic mass is 9.96. The predicted molar refractivity (Wildman–Crippen MR) is 106 cm³/mol. The Morgan fingerprint density at radius 2 is 1.93 bits per heavy atom. The smallest absolute Gasteiger partial charge is 0.316 e. The number of hydrogen-bond donors (Lipinski definition) is 2. The lowest BCUT2D eigenvalue weighted by Crippen LogP contribution is -2.19. The predicted octanol–water partition coefficient (Wildman–Crippen LogP) is 4.45. The number of carbonyl (C=O) groups excluding carboxylic acids is 1. The average Bonchev–Trinajstić information content (AvgIpc) is 2.70. The SMILES string of the molecule is COc1ccc(Cc2ccc(NC(N)=O)cc2)c(F)c1-c1cccc(C#N)c1. The fourth-order valence-corrected chi connectivity index (χ4v) is 2.99. The molecule has 28 heavy (non-hydrogen) atoms. The molecule has 0 spiro atoms. The van der Waals surface area contributed by atoms with Gasteiger partial charge in [-0.3, -0.25) is 0 Å². The molecule has 0 fully saturated rings. The molecule has 0 heterocycles. The van der Waals surface area contributed by atoms with Gasteiger partial charge in [0, 0.05) is 12.1 Å². The number of primary amides is 1. The molecule has 0 unspecified atom stereocenters. The third-order valence-electron chi connectivity index (χ3n) is 4.30. The van der Waals surface area contributed by atoms with E-state index in [0.717, 1.165) is 5.56 Å². The van der Waals surface area contributed by atoms with Gasteiger partial charge in [0.1, 0.15) is 11.6 Å². The van der Waals surface area contributed by atoms with Crippen LogP contribution in [-0.2, 0) is 6.42 Å². The molecule has 0 aliphatic rings. The van der Waals surface area contributed by atoms with Gasteiger partial charge in [0.15, 0.2) is 0 Å². The number of methoxy groups -OCH3 is 1. The van der Waals surface area contributed by atoms with Crippen molar-refractivity contribution in [2.45, 2.75) is 6.42 Å². The number of hydrogen-bond acceptors (Lipinski definition) is 3. The molecule has 3 aromatic carbocycles. The van der Waals surface area contributed by atoms with Crippen LogP contribution < -0.4 is 15.8 Å². The molecule has 0 bridgehead atoms. The van der Waals surface area contributed by atoms with Crippen LogP contribution in [0.5, 0.6) is 5.75 Å². The summed E-state index contributed by atoms with van der Waals surface area (Å²) in [6.07, 6.45) is 0.359. The molecule has 0 radical (unpaired) electrons. The minimum absolute atomic E-state index is 0.323. The van der Waals surface area contributed by atoms with E-state index in [0.29, 0.717) is 40.1 Å². The minimum Gasteiger partial charge on any atom is -0.496 e. The van der Waals surface area contributed by atoms with Crippen LogP contribution in [0.4, 0.5) is 14.9 Å². The van der Waals surface area contributed by atoms with Crippen molar-refractivity contribution < 1.29 is 13.9 Å². The second kappa shape index (κ2) is 8.23. The first-order chi connectivity index (χ1) is 13.5. The number of anilines is 1. The summed E-state index contributed by atoms with van der Waals surface area (Å²) in [4.78, 5) is 10.9. The van der Waals surface area contributed by atoms with Crippen LogP contribution in [0, 0.1) is 17.1 Å². The standard InChI is InChI=1S/C22H18FN3O2/c1-28-19-10-7-17(11-14-5-8-18(9-6-14)26-22(25)27)21(23)20(19)16-4-2-3-15(12-16)13-24/h2-10,12H,11H2,1H3,(H3,25,26,27). The van der Waals surface area contributed by atoms with E-state index in [1.54, 1.807) is 60.7 Å². The van der Waals surface area contributed by atoms with Crippen molar-refractivity contribution >= 4 is 11.7 Å². The Hall–Kier alpha value is -3.85. The molecule has 2 amide bonds. The van der Waals surface area contributed by atoms with Gasteiger partial charge in [-0.1, -0.05) is 30.3 Å². The maximum absolute atomic E-state index is 15.3. The van der Waals surface area contributed by atoms with Crippen molar-refractivity contribution in [2.24, 2.45) is 5.73 Å². The Balaban J connectivity index is 1.97. The number of urea groups is 1. The van der Waals surface area contributed by atoms with E-state index in [1.807, 2.05) is 0 Å². The first-order valence-electron chi connectivity index (χ1n) is 8.53. The molecule has 0 atom stereocenters. The van der Waals surface area contributed by atoms with Gasteiger partial charge < -0.3 is 15.8 Å². The Morgan fingerprint density at radius 3 is 2.57 bits per heavy atom. The van der Waals surface area contributed by atoms with Gasteiger partial charge in [-0.15, -0.1) is 0 Å². The summed E-state index contributed by atoms with van der Waals surface area (Å²) in [5.41, 5.74) is 8.38. The number of carbonyl (C=O) groups is 1. The number of nitrogens with two attached hydrogens (primary N) is 1. The van der Waals surface area contributed by atoms with E-state index < -0.39 is 11.8 Å². The van der Waals surface area contributed by atoms with Gasteiger partial charge in [0.2, 0.25) is 0 Å². The van der Waals surface area contributed by atoms with Gasteiger partial charge in [0.05, 0.1) is 24.3 Å². The molecule has 0 saturated heterocycles. The van der Waals surface area contributed by atoms with Crippen LogP contribution in [0.2, 0.25) is 0 Å². The molecule has 3 N–H and O–H groups in total. The molecule has 0 saturated carbocycles. The molecule has 0 aliphatic carbocycles. The van der Waals surface area contributed by atoms with E-state index in [2.05, 4.69) is 11.4 Å². The average molecular weight is 375 g/mol. The van der Waals surface area contributed by atoms with E-state index in [-0.39, 0.29) is 0 Å². The number of benzene rings is 3. The second-order valence-electron chi connectivity index (χ2n) is 6.17. The van der Waals surface area contributed by atoms with E-state index >= 15 is 4.39 Å². The van der Waals surface area contributed by atoms with Gasteiger partial charge in [0.25, 0.3) is 0 Å². The fourth-order valence-electron chi connectivity index (χ4n) is 2.99. The Bertz CT molecular complexity index is 1060. The molecule has 3 rings (SSSR count). The fraction of sp³-hybridized carbons (Fsp3) is 0.0909. The second-order valence-corrected chi connectivity index (χ2v) is 6.17. The molecule has 0 aliphatic heterocycles. The minimum atomic E-state index is -0.641. The summed E-state index contributed by atoms with van der Waals surface area (Å²) in [6, 6.07) is 18.6. The summed E-state index contributed by atoms with van der Waals surface area (Å²) in [5.74, 6) is 0.00567. The largest absolute Gasteiger partial charge is 0.496 e. The van der Waals surface area contributed by atoms with Gasteiger partial charge in [-0.2, -0.15) is 5.26 Å². The van der Waals surface area contributed by atoms with Crippen LogP contribution in [0.15, 0.2) is 60.7 Å². The Kier molecular flexibility index (Phi) is 5.56. The molecule has 6 heteroatoms. The van der Waals surface area contributed by atoms with Gasteiger partial charge in [-0.05, 0) is 47.0 Å². The summed E-state index contributed by atoms with van der Waals surface area (Å²) in [5, 5.41) is 11.6. The van der Waals surface area contributed by atoms with Crippen LogP contribution in [0.3, 0.4) is 0 Å². The van der Waals surface area contributed by atoms with Crippen molar-refractivity contribution in [2.75, 3.05) is 12.4 Å². The van der Waals surface area contributed by atoms with E-state index in [9.17, 15) is 4.79 Å². The molecule has 0 aromatic heterocycles. The van der Waals surface area contributed by atoms with Gasteiger partial charge >= 0.3 is 6.03 Å².